The van der Waals surface area contributed by atoms with Crippen molar-refractivity contribution in [1.29, 1.82) is 0 Å². The van der Waals surface area contributed by atoms with Crippen molar-refractivity contribution in [3.8, 4) is 22.4 Å². The monoisotopic (exact) mass is 287 g/mol. The molecule has 0 amide bonds. The van der Waals surface area contributed by atoms with Crippen molar-refractivity contribution in [3.05, 3.63) is 77.5 Å². The van der Waals surface area contributed by atoms with E-state index in [0.717, 1.165) is 17.7 Å². The zero-order chi connectivity index (χ0) is 15.1. The lowest BCUT2D eigenvalue weighted by atomic mass is 9.98. The molecule has 0 saturated carbocycles. The largest absolute Gasteiger partial charge is 0.478 e. The van der Waals surface area contributed by atoms with Crippen LogP contribution < -0.4 is 0 Å². The van der Waals surface area contributed by atoms with Gasteiger partial charge in [-0.25, -0.2) is 4.79 Å². The number of fused-ring (bicyclic) bond motifs is 3. The highest BCUT2D eigenvalue weighted by Gasteiger charge is 2.21. The number of carbonyl (C=O) groups is 1. The van der Waals surface area contributed by atoms with Gasteiger partial charge in [0.05, 0.1) is 11.3 Å². The molecule has 3 aromatic rings. The van der Waals surface area contributed by atoms with Gasteiger partial charge >= 0.3 is 5.97 Å². The maximum atomic E-state index is 10.9. The van der Waals surface area contributed by atoms with Gasteiger partial charge in [-0.3, -0.25) is 4.98 Å². The number of carboxylic acids is 1. The second-order valence-electron chi connectivity index (χ2n) is 5.40. The highest BCUT2D eigenvalue weighted by molar-refractivity contribution is 5.88. The van der Waals surface area contributed by atoms with E-state index in [1.54, 1.807) is 12.1 Å². The Hall–Kier alpha value is -2.94. The fourth-order valence-corrected chi connectivity index (χ4v) is 3.08. The predicted octanol–water partition coefficient (Wildman–Crippen LogP) is 4.02. The molecular formula is C19H13NO2. The Labute approximate surface area is 127 Å². The first kappa shape index (κ1) is 12.8. The molecular weight excluding hydrogens is 274 g/mol. The van der Waals surface area contributed by atoms with E-state index in [9.17, 15) is 4.79 Å². The molecule has 0 unspecified atom stereocenters. The van der Waals surface area contributed by atoms with Crippen LogP contribution >= 0.6 is 0 Å². The number of aromatic carboxylic acids is 1. The Morgan fingerprint density at radius 3 is 2.45 bits per heavy atom. The van der Waals surface area contributed by atoms with Gasteiger partial charge in [-0.1, -0.05) is 42.5 Å². The van der Waals surface area contributed by atoms with Gasteiger partial charge in [0.1, 0.15) is 0 Å². The van der Waals surface area contributed by atoms with Gasteiger partial charge in [0, 0.05) is 11.8 Å². The summed E-state index contributed by atoms with van der Waals surface area (Å²) in [4.78, 5) is 15.3. The Morgan fingerprint density at radius 1 is 0.909 bits per heavy atom. The van der Waals surface area contributed by atoms with Crippen LogP contribution in [0.15, 0.2) is 60.8 Å². The summed E-state index contributed by atoms with van der Waals surface area (Å²) in [7, 11) is 0. The van der Waals surface area contributed by atoms with Gasteiger partial charge in [0.2, 0.25) is 0 Å². The van der Waals surface area contributed by atoms with Crippen molar-refractivity contribution in [1.82, 2.24) is 4.98 Å². The van der Waals surface area contributed by atoms with E-state index in [1.807, 2.05) is 12.1 Å². The number of nitrogens with zero attached hydrogens (tertiary/aromatic N) is 1. The van der Waals surface area contributed by atoms with E-state index >= 15 is 0 Å². The zero-order valence-electron chi connectivity index (χ0n) is 11.8. The molecule has 0 aliphatic heterocycles. The molecule has 3 heteroatoms. The van der Waals surface area contributed by atoms with Gasteiger partial charge in [0.25, 0.3) is 0 Å². The minimum absolute atomic E-state index is 0.208. The van der Waals surface area contributed by atoms with Crippen LogP contribution in [0.25, 0.3) is 22.4 Å². The van der Waals surface area contributed by atoms with Gasteiger partial charge in [-0.2, -0.15) is 0 Å². The second-order valence-corrected chi connectivity index (χ2v) is 5.40. The van der Waals surface area contributed by atoms with Crippen molar-refractivity contribution in [2.75, 3.05) is 0 Å². The van der Waals surface area contributed by atoms with Crippen LogP contribution in [-0.2, 0) is 6.42 Å². The van der Waals surface area contributed by atoms with Crippen molar-refractivity contribution >= 4 is 5.97 Å². The van der Waals surface area contributed by atoms with Crippen molar-refractivity contribution in [2.45, 2.75) is 6.42 Å². The normalized spacial score (nSPS) is 11.8. The van der Waals surface area contributed by atoms with Gasteiger partial charge in [-0.15, -0.1) is 0 Å². The molecule has 0 radical (unpaired) electrons. The Kier molecular flexibility index (Phi) is 2.79. The quantitative estimate of drug-likeness (QED) is 0.606. The lowest BCUT2D eigenvalue weighted by Gasteiger charge is -2.08. The van der Waals surface area contributed by atoms with Crippen LogP contribution in [0.1, 0.15) is 21.5 Å². The molecule has 1 aliphatic carbocycles. The molecule has 0 spiro atoms. The Bertz CT molecular complexity index is 882. The summed E-state index contributed by atoms with van der Waals surface area (Å²) in [5.74, 6) is -0.954. The maximum Gasteiger partial charge on any atom is 0.337 e. The molecule has 4 rings (SSSR count). The van der Waals surface area contributed by atoms with Crippen LogP contribution in [0.5, 0.6) is 0 Å². The average Bonchev–Trinajstić information content (AvgIpc) is 2.93. The minimum Gasteiger partial charge on any atom is -0.478 e. The molecule has 1 heterocycles. The lowest BCUT2D eigenvalue weighted by Crippen LogP contribution is -1.98. The van der Waals surface area contributed by atoms with Crippen molar-refractivity contribution in [2.24, 2.45) is 0 Å². The summed E-state index contributed by atoms with van der Waals surface area (Å²) in [6.07, 6.45) is 2.31. The van der Waals surface area contributed by atoms with Crippen molar-refractivity contribution in [3.63, 3.8) is 0 Å². The molecule has 3 nitrogen and oxygen atoms in total. The maximum absolute atomic E-state index is 10.9. The van der Waals surface area contributed by atoms with Gasteiger partial charge in [0.15, 0.2) is 0 Å². The topological polar surface area (TPSA) is 50.2 Å². The number of rotatable bonds is 2. The summed E-state index contributed by atoms with van der Waals surface area (Å²) < 4.78 is 0. The number of hydrogen-bond acceptors (Lipinski definition) is 2. The molecule has 0 fully saturated rings. The highest BCUT2D eigenvalue weighted by Crippen LogP contribution is 2.40. The summed E-state index contributed by atoms with van der Waals surface area (Å²) >= 11 is 0. The van der Waals surface area contributed by atoms with E-state index in [2.05, 4.69) is 35.3 Å². The lowest BCUT2D eigenvalue weighted by molar-refractivity contribution is 0.0696. The number of benzene rings is 2. The van der Waals surface area contributed by atoms with E-state index < -0.39 is 5.97 Å². The first-order valence-electron chi connectivity index (χ1n) is 7.14. The molecule has 1 aliphatic rings. The fraction of sp³-hybridized carbons (Fsp3) is 0.0526. The second kappa shape index (κ2) is 4.81. The zero-order valence-corrected chi connectivity index (χ0v) is 11.8. The Balaban J connectivity index is 1.84. The van der Waals surface area contributed by atoms with Gasteiger partial charge in [-0.05, 0) is 40.8 Å². The van der Waals surface area contributed by atoms with E-state index in [0.29, 0.717) is 0 Å². The third-order valence-corrected chi connectivity index (χ3v) is 4.14. The molecule has 1 N–H and O–H groups in total. The van der Waals surface area contributed by atoms with E-state index in [1.165, 1.54) is 28.5 Å². The van der Waals surface area contributed by atoms with Crippen LogP contribution in [0.2, 0.25) is 0 Å². The molecule has 1 aromatic heterocycles. The number of pyridine rings is 1. The summed E-state index contributed by atoms with van der Waals surface area (Å²) in [6, 6.07) is 18.0. The van der Waals surface area contributed by atoms with Crippen LogP contribution in [0.4, 0.5) is 0 Å². The van der Waals surface area contributed by atoms with E-state index in [4.69, 9.17) is 5.11 Å². The summed E-state index contributed by atoms with van der Waals surface area (Å²) in [6.45, 7) is 0. The first-order chi connectivity index (χ1) is 10.7. The molecule has 0 atom stereocenters. The smallest absolute Gasteiger partial charge is 0.337 e. The molecule has 2 aromatic carbocycles. The summed E-state index contributed by atoms with van der Waals surface area (Å²) in [5.41, 5.74) is 7.21. The number of aromatic nitrogens is 1. The third-order valence-electron chi connectivity index (χ3n) is 4.14. The first-order valence-corrected chi connectivity index (χ1v) is 7.14. The van der Waals surface area contributed by atoms with Crippen LogP contribution in [0.3, 0.4) is 0 Å². The fourth-order valence-electron chi connectivity index (χ4n) is 3.08. The molecule has 0 saturated heterocycles. The van der Waals surface area contributed by atoms with E-state index in [-0.39, 0.29) is 5.56 Å². The highest BCUT2D eigenvalue weighted by atomic mass is 16.4. The van der Waals surface area contributed by atoms with Crippen molar-refractivity contribution < 1.29 is 9.90 Å². The summed E-state index contributed by atoms with van der Waals surface area (Å²) in [5, 5.41) is 8.98. The van der Waals surface area contributed by atoms with Crippen LogP contribution in [-0.4, -0.2) is 16.1 Å². The SMILES string of the molecule is O=C(O)c1ccc(-c2cccc3c2Cc2ccccc2-3)nc1. The predicted molar refractivity (Wildman–Crippen MR) is 84.9 cm³/mol. The molecule has 106 valence electrons. The molecule has 22 heavy (non-hydrogen) atoms. The third kappa shape index (κ3) is 1.91. The Morgan fingerprint density at radius 2 is 1.68 bits per heavy atom. The standard InChI is InChI=1S/C19H13NO2/c21-19(22)13-8-9-18(20-11-13)16-7-3-6-15-14-5-2-1-4-12(14)10-17(15)16/h1-9,11H,10H2,(H,21,22). The number of hydrogen-bond donors (Lipinski definition) is 1. The number of carboxylic acid groups (broad SMARTS) is 1. The minimum atomic E-state index is -0.954. The average molecular weight is 287 g/mol. The van der Waals surface area contributed by atoms with Gasteiger partial charge < -0.3 is 5.11 Å². The molecule has 0 bridgehead atoms. The van der Waals surface area contributed by atoms with Crippen LogP contribution in [0, 0.1) is 0 Å².